The molecule has 0 aliphatic rings. The van der Waals surface area contributed by atoms with Gasteiger partial charge in [-0.15, -0.1) is 0 Å². The molecule has 2 aromatic rings. The van der Waals surface area contributed by atoms with Crippen LogP contribution < -0.4 is 5.32 Å². The molecule has 0 radical (unpaired) electrons. The molecular weight excluding hydrogens is 334 g/mol. The molecule has 0 unspecified atom stereocenters. The van der Waals surface area contributed by atoms with Crippen molar-refractivity contribution in [3.8, 4) is 0 Å². The molecule has 0 aliphatic carbocycles. The van der Waals surface area contributed by atoms with Crippen LogP contribution in [0.5, 0.6) is 0 Å². The number of hydrogen-bond donors (Lipinski definition) is 1. The van der Waals surface area contributed by atoms with Gasteiger partial charge in [0, 0.05) is 19.2 Å². The van der Waals surface area contributed by atoms with Crippen LogP contribution in [0.3, 0.4) is 0 Å². The fourth-order valence-electron chi connectivity index (χ4n) is 2.28. The highest BCUT2D eigenvalue weighted by molar-refractivity contribution is 5.94. The van der Waals surface area contributed by atoms with Gasteiger partial charge in [-0.25, -0.2) is 0 Å². The number of aryl methyl sites for hydroxylation is 2. The molecule has 0 fully saturated rings. The summed E-state index contributed by atoms with van der Waals surface area (Å²) >= 11 is 0. The van der Waals surface area contributed by atoms with Crippen LogP contribution in [0, 0.1) is 6.92 Å². The average molecular weight is 359 g/mol. The van der Waals surface area contributed by atoms with E-state index in [2.05, 4.69) is 15.5 Å². The maximum absolute atomic E-state index is 12.3. The Hall–Kier alpha value is -2.74. The Bertz CT molecular complexity index is 742. The molecule has 2 rings (SSSR count). The zero-order valence-electron chi connectivity index (χ0n) is 15.7. The van der Waals surface area contributed by atoms with Gasteiger partial charge in [-0.2, -0.15) is 4.98 Å². The van der Waals surface area contributed by atoms with Gasteiger partial charge in [-0.3, -0.25) is 14.5 Å². The van der Waals surface area contributed by atoms with Crippen LogP contribution in [0.15, 0.2) is 28.8 Å². The molecule has 0 saturated carbocycles. The number of anilines is 1. The van der Waals surface area contributed by atoms with Gasteiger partial charge in [0.2, 0.25) is 17.7 Å². The van der Waals surface area contributed by atoms with E-state index in [0.29, 0.717) is 30.4 Å². The molecule has 0 bridgehead atoms. The van der Waals surface area contributed by atoms with Crippen molar-refractivity contribution in [1.82, 2.24) is 19.9 Å². The number of rotatable bonds is 8. The van der Waals surface area contributed by atoms with Crippen molar-refractivity contribution in [3.05, 3.63) is 41.5 Å². The van der Waals surface area contributed by atoms with Gasteiger partial charge < -0.3 is 14.7 Å². The molecule has 0 atom stereocenters. The highest BCUT2D eigenvalue weighted by Gasteiger charge is 2.16. The maximum atomic E-state index is 12.3. The molecule has 140 valence electrons. The molecule has 1 aromatic carbocycles. The first-order chi connectivity index (χ1) is 12.4. The van der Waals surface area contributed by atoms with Crippen molar-refractivity contribution in [3.63, 3.8) is 0 Å². The fraction of sp³-hybridized carbons (Fsp3) is 0.444. The van der Waals surface area contributed by atoms with E-state index in [-0.39, 0.29) is 24.9 Å². The van der Waals surface area contributed by atoms with E-state index >= 15 is 0 Å². The highest BCUT2D eigenvalue weighted by atomic mass is 16.5. The minimum Gasteiger partial charge on any atom is -0.338 e. The van der Waals surface area contributed by atoms with E-state index in [1.807, 2.05) is 38.1 Å². The Kier molecular flexibility index (Phi) is 6.85. The van der Waals surface area contributed by atoms with Gasteiger partial charge in [-0.1, -0.05) is 29.8 Å². The first-order valence-electron chi connectivity index (χ1n) is 8.48. The minimum atomic E-state index is -0.239. The molecular formula is C18H25N5O3. The number of aromatic nitrogens is 2. The number of nitrogens with zero attached hydrogens (tertiary/aromatic N) is 4. The van der Waals surface area contributed by atoms with Crippen LogP contribution in [-0.2, 0) is 22.6 Å². The third kappa shape index (κ3) is 5.96. The van der Waals surface area contributed by atoms with Crippen LogP contribution in [0.1, 0.15) is 24.2 Å². The Morgan fingerprint density at radius 2 is 1.85 bits per heavy atom. The number of likely N-dealkylation sites (N-methyl/N-ethyl adjacent to an activating group) is 2. The van der Waals surface area contributed by atoms with E-state index in [1.165, 1.54) is 4.90 Å². The molecule has 2 amide bonds. The lowest BCUT2D eigenvalue weighted by molar-refractivity contribution is -0.134. The van der Waals surface area contributed by atoms with Crippen LogP contribution in [0.25, 0.3) is 0 Å². The number of carbonyl (C=O) groups is 2. The Labute approximate surface area is 153 Å². The number of carbonyl (C=O) groups excluding carboxylic acids is 2. The molecule has 1 heterocycles. The predicted octanol–water partition coefficient (Wildman–Crippen LogP) is 1.47. The van der Waals surface area contributed by atoms with Crippen molar-refractivity contribution in [2.45, 2.75) is 26.8 Å². The van der Waals surface area contributed by atoms with Crippen LogP contribution in [-0.4, -0.2) is 58.9 Å². The van der Waals surface area contributed by atoms with E-state index in [9.17, 15) is 9.59 Å². The van der Waals surface area contributed by atoms with E-state index < -0.39 is 0 Å². The van der Waals surface area contributed by atoms with E-state index in [4.69, 9.17) is 4.52 Å². The second kappa shape index (κ2) is 9.10. The smallest absolute Gasteiger partial charge is 0.243 e. The van der Waals surface area contributed by atoms with Gasteiger partial charge >= 0.3 is 0 Å². The summed E-state index contributed by atoms with van der Waals surface area (Å²) in [5.74, 6) is 0.708. The summed E-state index contributed by atoms with van der Waals surface area (Å²) in [5, 5.41) is 6.60. The van der Waals surface area contributed by atoms with Gasteiger partial charge in [0.25, 0.3) is 0 Å². The SMILES string of the molecule is CCc1noc(CN(C)CC(=O)N(C)CC(=O)Nc2ccc(C)cc2)n1. The van der Waals surface area contributed by atoms with E-state index in [0.717, 1.165) is 5.56 Å². The zero-order chi connectivity index (χ0) is 19.1. The number of benzene rings is 1. The number of hydrogen-bond acceptors (Lipinski definition) is 6. The van der Waals surface area contributed by atoms with Crippen LogP contribution in [0.4, 0.5) is 5.69 Å². The van der Waals surface area contributed by atoms with Gasteiger partial charge in [-0.05, 0) is 26.1 Å². The summed E-state index contributed by atoms with van der Waals surface area (Å²) < 4.78 is 5.12. The second-order valence-electron chi connectivity index (χ2n) is 6.29. The zero-order valence-corrected chi connectivity index (χ0v) is 15.7. The summed E-state index contributed by atoms with van der Waals surface area (Å²) in [6.07, 6.45) is 0.699. The topological polar surface area (TPSA) is 91.6 Å². The third-order valence-electron chi connectivity index (χ3n) is 3.78. The van der Waals surface area contributed by atoms with Crippen molar-refractivity contribution >= 4 is 17.5 Å². The normalized spacial score (nSPS) is 10.8. The first kappa shape index (κ1) is 19.6. The molecule has 1 N–H and O–H groups in total. The molecule has 8 nitrogen and oxygen atoms in total. The van der Waals surface area contributed by atoms with E-state index in [1.54, 1.807) is 19.0 Å². The van der Waals surface area contributed by atoms with Gasteiger partial charge in [0.1, 0.15) is 0 Å². The first-order valence-corrected chi connectivity index (χ1v) is 8.48. The summed E-state index contributed by atoms with van der Waals surface area (Å²) in [6.45, 7) is 4.44. The summed E-state index contributed by atoms with van der Waals surface area (Å²) in [7, 11) is 3.39. The third-order valence-corrected chi connectivity index (χ3v) is 3.78. The maximum Gasteiger partial charge on any atom is 0.243 e. The average Bonchev–Trinajstić information content (AvgIpc) is 3.04. The number of nitrogens with one attached hydrogen (secondary N) is 1. The minimum absolute atomic E-state index is 0.0128. The Morgan fingerprint density at radius 1 is 1.15 bits per heavy atom. The summed E-state index contributed by atoms with van der Waals surface area (Å²) in [4.78, 5) is 31.7. The fourth-order valence-corrected chi connectivity index (χ4v) is 2.28. The molecule has 8 heteroatoms. The predicted molar refractivity (Wildman–Crippen MR) is 97.5 cm³/mol. The quantitative estimate of drug-likeness (QED) is 0.767. The monoisotopic (exact) mass is 359 g/mol. The Morgan fingerprint density at radius 3 is 2.46 bits per heavy atom. The Balaban J connectivity index is 1.78. The van der Waals surface area contributed by atoms with Crippen molar-refractivity contribution in [2.24, 2.45) is 0 Å². The lowest BCUT2D eigenvalue weighted by Gasteiger charge is -2.20. The van der Waals surface area contributed by atoms with Gasteiger partial charge in [0.05, 0.1) is 19.6 Å². The molecule has 0 spiro atoms. The second-order valence-corrected chi connectivity index (χ2v) is 6.29. The molecule has 0 aliphatic heterocycles. The summed E-state index contributed by atoms with van der Waals surface area (Å²) in [5.41, 5.74) is 1.83. The highest BCUT2D eigenvalue weighted by Crippen LogP contribution is 2.08. The number of amides is 2. The van der Waals surface area contributed by atoms with Crippen LogP contribution >= 0.6 is 0 Å². The standard InChI is InChI=1S/C18H25N5O3/c1-5-15-20-17(26-21-15)11-22(3)12-18(25)23(4)10-16(24)19-14-8-6-13(2)7-9-14/h6-9H,5,10-12H2,1-4H3,(H,19,24). The van der Waals surface area contributed by atoms with Crippen molar-refractivity contribution in [1.29, 1.82) is 0 Å². The molecule has 0 saturated heterocycles. The summed E-state index contributed by atoms with van der Waals surface area (Å²) in [6, 6.07) is 7.50. The largest absolute Gasteiger partial charge is 0.338 e. The molecule has 1 aromatic heterocycles. The molecule has 26 heavy (non-hydrogen) atoms. The lowest BCUT2D eigenvalue weighted by atomic mass is 10.2. The lowest BCUT2D eigenvalue weighted by Crippen LogP contribution is -2.40. The van der Waals surface area contributed by atoms with Crippen LogP contribution in [0.2, 0.25) is 0 Å². The van der Waals surface area contributed by atoms with Crippen molar-refractivity contribution < 1.29 is 14.1 Å². The van der Waals surface area contributed by atoms with Gasteiger partial charge in [0.15, 0.2) is 5.82 Å². The van der Waals surface area contributed by atoms with Crippen molar-refractivity contribution in [2.75, 3.05) is 32.5 Å².